The van der Waals surface area contributed by atoms with Crippen LogP contribution >= 0.6 is 0 Å². The third-order valence-electron chi connectivity index (χ3n) is 4.28. The molecule has 134 valence electrons. The van der Waals surface area contributed by atoms with Crippen LogP contribution in [0.1, 0.15) is 32.6 Å². The maximum atomic E-state index is 13.9. The van der Waals surface area contributed by atoms with Crippen molar-refractivity contribution in [1.82, 2.24) is 4.90 Å². The number of piperidine rings is 1. The number of likely N-dealkylation sites (tertiary alicyclic amines) is 1. The van der Waals surface area contributed by atoms with E-state index < -0.39 is 15.8 Å². The lowest BCUT2D eigenvalue weighted by molar-refractivity contribution is -0.132. The van der Waals surface area contributed by atoms with Crippen LogP contribution in [-0.4, -0.2) is 45.1 Å². The molecule has 0 bridgehead atoms. The Kier molecular flexibility index (Phi) is 6.21. The van der Waals surface area contributed by atoms with Crippen LogP contribution in [0.25, 0.3) is 0 Å². The van der Waals surface area contributed by atoms with Gasteiger partial charge < -0.3 is 4.90 Å². The molecule has 1 heterocycles. The quantitative estimate of drug-likeness (QED) is 0.787. The predicted octanol–water partition coefficient (Wildman–Crippen LogP) is 2.63. The highest BCUT2D eigenvalue weighted by Crippen LogP contribution is 2.22. The van der Waals surface area contributed by atoms with Crippen molar-refractivity contribution in [2.75, 3.05) is 30.2 Å². The predicted molar refractivity (Wildman–Crippen MR) is 92.8 cm³/mol. The number of anilines is 1. The molecule has 1 saturated heterocycles. The number of amides is 1. The second kappa shape index (κ2) is 7.96. The number of halogens is 1. The van der Waals surface area contributed by atoms with Crippen LogP contribution in [0.2, 0.25) is 0 Å². The van der Waals surface area contributed by atoms with Crippen LogP contribution in [0.4, 0.5) is 10.1 Å². The Hall–Kier alpha value is -1.63. The first-order valence-electron chi connectivity index (χ1n) is 8.29. The summed E-state index contributed by atoms with van der Waals surface area (Å²) in [4.78, 5) is 14.1. The van der Waals surface area contributed by atoms with Crippen molar-refractivity contribution >= 4 is 21.6 Å². The molecule has 0 saturated carbocycles. The van der Waals surface area contributed by atoms with E-state index in [0.717, 1.165) is 36.5 Å². The summed E-state index contributed by atoms with van der Waals surface area (Å²) >= 11 is 0. The molecular weight excluding hydrogens is 331 g/mol. The Morgan fingerprint density at radius 1 is 1.38 bits per heavy atom. The fourth-order valence-corrected chi connectivity index (χ4v) is 4.03. The van der Waals surface area contributed by atoms with Gasteiger partial charge in [0.15, 0.2) is 0 Å². The van der Waals surface area contributed by atoms with Gasteiger partial charge in [0.2, 0.25) is 15.9 Å². The van der Waals surface area contributed by atoms with E-state index in [2.05, 4.69) is 6.92 Å². The number of carbonyl (C=O) groups excluding carboxylic acids is 1. The van der Waals surface area contributed by atoms with Gasteiger partial charge >= 0.3 is 0 Å². The molecule has 1 fully saturated rings. The number of sulfonamides is 1. The smallest absolute Gasteiger partial charge is 0.232 e. The van der Waals surface area contributed by atoms with Gasteiger partial charge in [-0.05, 0) is 37.3 Å². The van der Waals surface area contributed by atoms with Gasteiger partial charge in [0.05, 0.1) is 11.9 Å². The minimum atomic E-state index is -3.60. The molecule has 0 aliphatic carbocycles. The van der Waals surface area contributed by atoms with Crippen LogP contribution in [-0.2, 0) is 14.8 Å². The molecule has 5 nitrogen and oxygen atoms in total. The van der Waals surface area contributed by atoms with Crippen molar-refractivity contribution in [3.05, 3.63) is 30.1 Å². The lowest BCUT2D eigenvalue weighted by atomic mass is 10.00. The van der Waals surface area contributed by atoms with Crippen LogP contribution in [0.3, 0.4) is 0 Å². The Bertz CT molecular complexity index is 678. The molecule has 0 aromatic heterocycles. The number of hydrogen-bond acceptors (Lipinski definition) is 3. The van der Waals surface area contributed by atoms with Crippen molar-refractivity contribution in [2.24, 2.45) is 5.92 Å². The van der Waals surface area contributed by atoms with Gasteiger partial charge in [-0.2, -0.15) is 0 Å². The summed E-state index contributed by atoms with van der Waals surface area (Å²) in [6.45, 7) is 3.76. The van der Waals surface area contributed by atoms with E-state index in [1.807, 2.05) is 4.90 Å². The zero-order chi connectivity index (χ0) is 17.7. The number of benzene rings is 1. The third-order valence-corrected chi connectivity index (χ3v) is 5.46. The summed E-state index contributed by atoms with van der Waals surface area (Å²) in [5, 5.41) is 0. The summed E-state index contributed by atoms with van der Waals surface area (Å²) in [5.74, 6) is -0.0312. The average Bonchev–Trinajstić information content (AvgIpc) is 2.51. The average molecular weight is 356 g/mol. The third kappa shape index (κ3) is 4.93. The molecule has 7 heteroatoms. The van der Waals surface area contributed by atoms with Gasteiger partial charge in [0.25, 0.3) is 0 Å². The number of rotatable bonds is 6. The molecule has 0 N–H and O–H groups in total. The highest BCUT2D eigenvalue weighted by atomic mass is 32.2. The minimum absolute atomic E-state index is 0.0269. The molecule has 0 radical (unpaired) electrons. The molecule has 24 heavy (non-hydrogen) atoms. The number of nitrogens with zero attached hydrogens (tertiary/aromatic N) is 2. The second-order valence-corrected chi connectivity index (χ2v) is 8.38. The van der Waals surface area contributed by atoms with Crippen LogP contribution in [0.15, 0.2) is 24.3 Å². The van der Waals surface area contributed by atoms with E-state index in [1.165, 1.54) is 18.2 Å². The van der Waals surface area contributed by atoms with E-state index >= 15 is 0 Å². The highest BCUT2D eigenvalue weighted by molar-refractivity contribution is 7.92. The van der Waals surface area contributed by atoms with Gasteiger partial charge in [-0.15, -0.1) is 0 Å². The summed E-state index contributed by atoms with van der Waals surface area (Å²) < 4.78 is 38.9. The van der Waals surface area contributed by atoms with Gasteiger partial charge in [0, 0.05) is 26.1 Å². The zero-order valence-electron chi connectivity index (χ0n) is 14.2. The first kappa shape index (κ1) is 18.7. The molecule has 1 atom stereocenters. The summed E-state index contributed by atoms with van der Waals surface area (Å²) in [6.07, 6.45) is 3.84. The van der Waals surface area contributed by atoms with Gasteiger partial charge in [-0.3, -0.25) is 9.10 Å². The van der Waals surface area contributed by atoms with Crippen molar-refractivity contribution in [3.8, 4) is 0 Å². The molecule has 1 aliphatic heterocycles. The zero-order valence-corrected chi connectivity index (χ0v) is 15.1. The molecular formula is C17H25FN2O3S. The van der Waals surface area contributed by atoms with Crippen molar-refractivity contribution in [2.45, 2.75) is 32.6 Å². The SMILES string of the molecule is C[C@H]1CCCN(C(=O)CCCN(c2ccccc2F)S(C)(=O)=O)C1. The van der Waals surface area contributed by atoms with Crippen LogP contribution in [0, 0.1) is 11.7 Å². The summed E-state index contributed by atoms with van der Waals surface area (Å²) in [6, 6.07) is 5.77. The molecule has 1 amide bonds. The fourth-order valence-electron chi connectivity index (χ4n) is 3.07. The van der Waals surface area contributed by atoms with E-state index in [4.69, 9.17) is 0 Å². The molecule has 1 aromatic rings. The maximum Gasteiger partial charge on any atom is 0.232 e. The van der Waals surface area contributed by atoms with Gasteiger partial charge in [-0.25, -0.2) is 12.8 Å². The van der Waals surface area contributed by atoms with E-state index in [0.29, 0.717) is 12.3 Å². The van der Waals surface area contributed by atoms with Crippen LogP contribution < -0.4 is 4.31 Å². The first-order chi connectivity index (χ1) is 11.3. The molecule has 1 aromatic carbocycles. The largest absolute Gasteiger partial charge is 0.342 e. The maximum absolute atomic E-state index is 13.9. The van der Waals surface area contributed by atoms with Gasteiger partial charge in [0.1, 0.15) is 5.82 Å². The topological polar surface area (TPSA) is 57.7 Å². The Labute approximate surface area is 143 Å². The number of para-hydroxylation sites is 1. The fraction of sp³-hybridized carbons (Fsp3) is 0.588. The molecule has 0 unspecified atom stereocenters. The Morgan fingerprint density at radius 2 is 2.08 bits per heavy atom. The number of carbonyl (C=O) groups is 1. The lowest BCUT2D eigenvalue weighted by Gasteiger charge is -2.31. The Morgan fingerprint density at radius 3 is 2.71 bits per heavy atom. The van der Waals surface area contributed by atoms with Gasteiger partial charge in [-0.1, -0.05) is 19.1 Å². The lowest BCUT2D eigenvalue weighted by Crippen LogP contribution is -2.39. The molecule has 0 spiro atoms. The van der Waals surface area contributed by atoms with Crippen LogP contribution in [0.5, 0.6) is 0 Å². The summed E-state index contributed by atoms with van der Waals surface area (Å²) in [7, 11) is -3.60. The van der Waals surface area contributed by atoms with E-state index in [-0.39, 0.29) is 24.6 Å². The summed E-state index contributed by atoms with van der Waals surface area (Å²) in [5.41, 5.74) is 0.0269. The Balaban J connectivity index is 1.97. The normalized spacial score (nSPS) is 18.5. The second-order valence-electron chi connectivity index (χ2n) is 6.48. The minimum Gasteiger partial charge on any atom is -0.342 e. The van der Waals surface area contributed by atoms with Crippen molar-refractivity contribution in [1.29, 1.82) is 0 Å². The van der Waals surface area contributed by atoms with Crippen molar-refractivity contribution < 1.29 is 17.6 Å². The monoisotopic (exact) mass is 356 g/mol. The first-order valence-corrected chi connectivity index (χ1v) is 10.1. The molecule has 2 rings (SSSR count). The number of hydrogen-bond donors (Lipinski definition) is 0. The van der Waals surface area contributed by atoms with E-state index in [1.54, 1.807) is 6.07 Å². The van der Waals surface area contributed by atoms with E-state index in [9.17, 15) is 17.6 Å². The van der Waals surface area contributed by atoms with Crippen molar-refractivity contribution in [3.63, 3.8) is 0 Å². The molecule has 1 aliphatic rings. The highest BCUT2D eigenvalue weighted by Gasteiger charge is 2.23. The standard InChI is InChI=1S/C17H25FN2O3S/c1-14-7-5-11-19(13-14)17(21)10-6-12-20(24(2,22)23)16-9-4-3-8-15(16)18/h3-4,8-9,14H,5-7,10-13H2,1-2H3/t14-/m0/s1.